The van der Waals surface area contributed by atoms with Crippen molar-refractivity contribution in [2.45, 2.75) is 6.92 Å². The zero-order chi connectivity index (χ0) is 23.7. The van der Waals surface area contributed by atoms with Gasteiger partial charge in [-0.05, 0) is 37.3 Å². The molecule has 174 valence electrons. The zero-order valence-electron chi connectivity index (χ0n) is 18.7. The van der Waals surface area contributed by atoms with Gasteiger partial charge in [-0.3, -0.25) is 9.59 Å². The van der Waals surface area contributed by atoms with Gasteiger partial charge in [-0.15, -0.1) is 0 Å². The Labute approximate surface area is 196 Å². The topological polar surface area (TPSA) is 124 Å². The molecule has 2 aliphatic rings. The molecule has 2 aliphatic heterocycles. The van der Waals surface area contributed by atoms with E-state index in [4.69, 9.17) is 14.7 Å². The van der Waals surface area contributed by atoms with Crippen LogP contribution in [-0.4, -0.2) is 76.4 Å². The van der Waals surface area contributed by atoms with Crippen LogP contribution in [0.4, 0.5) is 0 Å². The summed E-state index contributed by atoms with van der Waals surface area (Å²) in [5, 5.41) is 19.7. The number of carbonyl (C=O) groups excluding carboxylic acids is 2. The summed E-state index contributed by atoms with van der Waals surface area (Å²) in [6.07, 6.45) is 0. The van der Waals surface area contributed by atoms with Gasteiger partial charge in [0.1, 0.15) is 11.0 Å². The molecular weight excluding hydrogens is 436 g/mol. The summed E-state index contributed by atoms with van der Waals surface area (Å²) in [7, 11) is 0. The van der Waals surface area contributed by atoms with Crippen LogP contribution in [0, 0.1) is 23.2 Å². The van der Waals surface area contributed by atoms with Crippen LogP contribution >= 0.6 is 0 Å². The summed E-state index contributed by atoms with van der Waals surface area (Å²) >= 11 is 0. The van der Waals surface area contributed by atoms with Crippen LogP contribution in [0.1, 0.15) is 22.8 Å². The number of carbonyl (C=O) groups is 2. The van der Waals surface area contributed by atoms with Gasteiger partial charge in [0.2, 0.25) is 0 Å². The molecule has 1 N–H and O–H groups in total. The number of hydrogen-bond acceptors (Lipinski definition) is 7. The third-order valence-corrected chi connectivity index (χ3v) is 6.41. The van der Waals surface area contributed by atoms with Crippen molar-refractivity contribution in [1.82, 2.24) is 25.2 Å². The SMILES string of the molecule is CCOc1cc(C#N)ccc1OCC(=O)N1CC2CN(C(=O)c3ccc4n[nH]nc4c3)CC2C1. The predicted molar refractivity (Wildman–Crippen MR) is 121 cm³/mol. The lowest BCUT2D eigenvalue weighted by Gasteiger charge is -2.22. The highest BCUT2D eigenvalue weighted by molar-refractivity contribution is 5.97. The lowest BCUT2D eigenvalue weighted by Crippen LogP contribution is -2.37. The highest BCUT2D eigenvalue weighted by Gasteiger charge is 2.43. The summed E-state index contributed by atoms with van der Waals surface area (Å²) in [6.45, 7) is 4.61. The van der Waals surface area contributed by atoms with E-state index in [0.29, 0.717) is 60.9 Å². The van der Waals surface area contributed by atoms with Crippen LogP contribution in [0.2, 0.25) is 0 Å². The fraction of sp³-hybridized carbons (Fsp3) is 0.375. The lowest BCUT2D eigenvalue weighted by atomic mass is 10.0. The molecule has 0 radical (unpaired) electrons. The Morgan fingerprint density at radius 3 is 2.47 bits per heavy atom. The van der Waals surface area contributed by atoms with E-state index in [1.54, 1.807) is 36.4 Å². The number of hydrogen-bond donors (Lipinski definition) is 1. The van der Waals surface area contributed by atoms with Crippen LogP contribution < -0.4 is 9.47 Å². The Morgan fingerprint density at radius 1 is 1.00 bits per heavy atom. The molecule has 0 saturated carbocycles. The second-order valence-corrected chi connectivity index (χ2v) is 8.55. The molecule has 5 rings (SSSR count). The van der Waals surface area contributed by atoms with Crippen molar-refractivity contribution in [1.29, 1.82) is 5.26 Å². The molecule has 2 unspecified atom stereocenters. The predicted octanol–water partition coefficient (Wildman–Crippen LogP) is 1.84. The van der Waals surface area contributed by atoms with Crippen molar-refractivity contribution >= 4 is 22.8 Å². The van der Waals surface area contributed by atoms with Gasteiger partial charge in [0.25, 0.3) is 11.8 Å². The molecule has 2 amide bonds. The lowest BCUT2D eigenvalue weighted by molar-refractivity contribution is -0.132. The summed E-state index contributed by atoms with van der Waals surface area (Å²) in [4.78, 5) is 29.4. The average molecular weight is 460 g/mol. The van der Waals surface area contributed by atoms with E-state index in [0.717, 1.165) is 5.52 Å². The van der Waals surface area contributed by atoms with E-state index in [2.05, 4.69) is 21.5 Å². The normalized spacial score (nSPS) is 19.2. The quantitative estimate of drug-likeness (QED) is 0.595. The van der Waals surface area contributed by atoms with Gasteiger partial charge in [-0.1, -0.05) is 0 Å². The molecule has 2 aromatic carbocycles. The second kappa shape index (κ2) is 9.02. The van der Waals surface area contributed by atoms with Crippen LogP contribution in [-0.2, 0) is 4.79 Å². The minimum Gasteiger partial charge on any atom is -0.490 e. The van der Waals surface area contributed by atoms with Crippen LogP contribution in [0.15, 0.2) is 36.4 Å². The van der Waals surface area contributed by atoms with Gasteiger partial charge in [-0.25, -0.2) is 0 Å². The van der Waals surface area contributed by atoms with Gasteiger partial charge in [-0.2, -0.15) is 20.7 Å². The molecule has 1 aromatic heterocycles. The first-order chi connectivity index (χ1) is 16.6. The van der Waals surface area contributed by atoms with Crippen molar-refractivity contribution in [3.63, 3.8) is 0 Å². The average Bonchev–Trinajstić information content (AvgIpc) is 3.57. The smallest absolute Gasteiger partial charge is 0.260 e. The summed E-state index contributed by atoms with van der Waals surface area (Å²) in [5.41, 5.74) is 2.45. The number of aromatic amines is 1. The highest BCUT2D eigenvalue weighted by Crippen LogP contribution is 2.33. The Hall–Kier alpha value is -4.13. The van der Waals surface area contributed by atoms with Crippen molar-refractivity contribution in [3.8, 4) is 17.6 Å². The molecule has 3 aromatic rings. The number of ether oxygens (including phenoxy) is 2. The summed E-state index contributed by atoms with van der Waals surface area (Å²) in [5.74, 6) is 1.26. The van der Waals surface area contributed by atoms with Crippen molar-refractivity contribution < 1.29 is 19.1 Å². The minimum absolute atomic E-state index is 0.0234. The van der Waals surface area contributed by atoms with Crippen LogP contribution in [0.25, 0.3) is 11.0 Å². The highest BCUT2D eigenvalue weighted by atomic mass is 16.5. The third kappa shape index (κ3) is 4.12. The number of amides is 2. The number of nitrogens with zero attached hydrogens (tertiary/aromatic N) is 5. The molecule has 10 nitrogen and oxygen atoms in total. The van der Waals surface area contributed by atoms with Crippen molar-refractivity contribution in [3.05, 3.63) is 47.5 Å². The maximum atomic E-state index is 13.0. The van der Waals surface area contributed by atoms with Gasteiger partial charge < -0.3 is 19.3 Å². The monoisotopic (exact) mass is 460 g/mol. The first-order valence-electron chi connectivity index (χ1n) is 11.2. The van der Waals surface area contributed by atoms with Gasteiger partial charge in [0.15, 0.2) is 18.1 Å². The maximum absolute atomic E-state index is 13.0. The van der Waals surface area contributed by atoms with Crippen molar-refractivity contribution in [2.24, 2.45) is 11.8 Å². The van der Waals surface area contributed by atoms with Gasteiger partial charge in [0, 0.05) is 49.6 Å². The fourth-order valence-corrected chi connectivity index (χ4v) is 4.71. The molecule has 3 heterocycles. The number of nitrogens with one attached hydrogen (secondary N) is 1. The maximum Gasteiger partial charge on any atom is 0.260 e. The van der Waals surface area contributed by atoms with E-state index in [1.807, 2.05) is 16.7 Å². The number of likely N-dealkylation sites (tertiary alicyclic amines) is 2. The number of H-pyrrole nitrogens is 1. The van der Waals surface area contributed by atoms with Gasteiger partial charge in [0.05, 0.1) is 18.2 Å². The molecule has 2 fully saturated rings. The zero-order valence-corrected chi connectivity index (χ0v) is 18.7. The molecule has 0 aliphatic carbocycles. The molecule has 2 saturated heterocycles. The molecule has 34 heavy (non-hydrogen) atoms. The standard InChI is InChI=1S/C24H24N6O4/c1-2-33-22-7-15(9-25)3-6-21(22)34-14-23(31)29-10-17-12-30(13-18(17)11-29)24(32)16-4-5-19-20(8-16)27-28-26-19/h3-8,17-18H,2,10-14H2,1H3,(H,26,27,28). The van der Waals surface area contributed by atoms with E-state index in [1.165, 1.54) is 0 Å². The third-order valence-electron chi connectivity index (χ3n) is 6.41. The molecule has 10 heteroatoms. The van der Waals surface area contributed by atoms with Crippen molar-refractivity contribution in [2.75, 3.05) is 39.4 Å². The minimum atomic E-state index is -0.105. The number of aromatic nitrogens is 3. The number of benzene rings is 2. The van der Waals surface area contributed by atoms with Crippen LogP contribution in [0.3, 0.4) is 0 Å². The Balaban J connectivity index is 1.16. The van der Waals surface area contributed by atoms with E-state index < -0.39 is 0 Å². The summed E-state index contributed by atoms with van der Waals surface area (Å²) in [6, 6.07) is 12.3. The van der Waals surface area contributed by atoms with E-state index >= 15 is 0 Å². The molecule has 0 bridgehead atoms. The fourth-order valence-electron chi connectivity index (χ4n) is 4.71. The number of nitriles is 1. The Bertz CT molecular complexity index is 1270. The largest absolute Gasteiger partial charge is 0.490 e. The summed E-state index contributed by atoms with van der Waals surface area (Å²) < 4.78 is 11.3. The Kier molecular flexibility index (Phi) is 5.76. The van der Waals surface area contributed by atoms with Gasteiger partial charge >= 0.3 is 0 Å². The molecule has 2 atom stereocenters. The van der Waals surface area contributed by atoms with E-state index in [9.17, 15) is 9.59 Å². The first-order valence-corrected chi connectivity index (χ1v) is 11.2. The van der Waals surface area contributed by atoms with E-state index in [-0.39, 0.29) is 30.3 Å². The first kappa shape index (κ1) is 21.7. The molecule has 0 spiro atoms. The number of rotatable bonds is 6. The Morgan fingerprint density at radius 2 is 1.74 bits per heavy atom. The number of fused-ring (bicyclic) bond motifs is 2. The molecular formula is C24H24N6O4. The second-order valence-electron chi connectivity index (χ2n) is 8.55. The van der Waals surface area contributed by atoms with Crippen LogP contribution in [0.5, 0.6) is 11.5 Å².